The monoisotopic (exact) mass is 227 g/mol. The van der Waals surface area contributed by atoms with E-state index in [9.17, 15) is 15.0 Å². The highest BCUT2D eigenvalue weighted by Gasteiger charge is 2.11. The second-order valence-electron chi connectivity index (χ2n) is 3.86. The summed E-state index contributed by atoms with van der Waals surface area (Å²) in [4.78, 5) is 15.2. The number of aromatic hydroxyl groups is 2. The maximum atomic E-state index is 12.2. The Balaban J connectivity index is 2.66. The summed E-state index contributed by atoms with van der Waals surface area (Å²) in [5, 5.41) is 19.7. The molecule has 0 aliphatic carbocycles. The topological polar surface area (TPSA) is 73.3 Å². The van der Waals surface area contributed by atoms with Crippen molar-refractivity contribution in [2.24, 2.45) is 0 Å². The Labute approximate surface area is 95.8 Å². The highest BCUT2D eigenvalue weighted by Crippen LogP contribution is 2.31. The molecule has 0 aliphatic rings. The average Bonchev–Trinajstić information content (AvgIpc) is 2.34. The SMILES string of the molecule is O=c1c2ccccc2[nH]c2ccc(O)c(O)c12. The number of hydrogen-bond donors (Lipinski definition) is 3. The predicted molar refractivity (Wildman–Crippen MR) is 65.4 cm³/mol. The summed E-state index contributed by atoms with van der Waals surface area (Å²) in [6.07, 6.45) is 0. The fourth-order valence-corrected chi connectivity index (χ4v) is 1.98. The van der Waals surface area contributed by atoms with Crippen LogP contribution in [0.1, 0.15) is 0 Å². The minimum absolute atomic E-state index is 0.115. The number of benzene rings is 2. The number of aromatic nitrogens is 1. The van der Waals surface area contributed by atoms with Crippen LogP contribution in [0.25, 0.3) is 21.8 Å². The van der Waals surface area contributed by atoms with E-state index in [1.54, 1.807) is 24.3 Å². The summed E-state index contributed by atoms with van der Waals surface area (Å²) < 4.78 is 0. The zero-order chi connectivity index (χ0) is 12.0. The quantitative estimate of drug-likeness (QED) is 0.406. The molecule has 3 rings (SSSR count). The van der Waals surface area contributed by atoms with Crippen LogP contribution < -0.4 is 5.43 Å². The Kier molecular flexibility index (Phi) is 1.86. The second kappa shape index (κ2) is 3.25. The van der Waals surface area contributed by atoms with Crippen molar-refractivity contribution < 1.29 is 10.2 Å². The molecule has 4 heteroatoms. The lowest BCUT2D eigenvalue weighted by atomic mass is 10.1. The smallest absolute Gasteiger partial charge is 0.201 e. The van der Waals surface area contributed by atoms with E-state index in [0.717, 1.165) is 0 Å². The van der Waals surface area contributed by atoms with Gasteiger partial charge in [-0.1, -0.05) is 12.1 Å². The van der Waals surface area contributed by atoms with Crippen LogP contribution in [-0.2, 0) is 0 Å². The number of aromatic amines is 1. The molecule has 0 unspecified atom stereocenters. The fraction of sp³-hybridized carbons (Fsp3) is 0. The van der Waals surface area contributed by atoms with Gasteiger partial charge in [0, 0.05) is 10.9 Å². The van der Waals surface area contributed by atoms with Crippen molar-refractivity contribution in [3.63, 3.8) is 0 Å². The van der Waals surface area contributed by atoms with Crippen molar-refractivity contribution >= 4 is 21.8 Å². The Morgan fingerprint density at radius 1 is 0.941 bits per heavy atom. The fourth-order valence-electron chi connectivity index (χ4n) is 1.98. The molecule has 0 saturated carbocycles. The number of hydrogen-bond acceptors (Lipinski definition) is 3. The Morgan fingerprint density at radius 3 is 2.53 bits per heavy atom. The molecular formula is C13H9NO3. The maximum Gasteiger partial charge on any atom is 0.201 e. The number of H-pyrrole nitrogens is 1. The molecule has 17 heavy (non-hydrogen) atoms. The molecule has 0 fully saturated rings. The van der Waals surface area contributed by atoms with Crippen LogP contribution >= 0.6 is 0 Å². The molecule has 0 atom stereocenters. The number of pyridine rings is 1. The molecule has 0 saturated heterocycles. The van der Waals surface area contributed by atoms with Gasteiger partial charge in [-0.05, 0) is 24.3 Å². The van der Waals surface area contributed by atoms with E-state index in [2.05, 4.69) is 4.98 Å². The predicted octanol–water partition coefficient (Wildman–Crippen LogP) is 2.09. The van der Waals surface area contributed by atoms with Crippen molar-refractivity contribution in [1.82, 2.24) is 4.98 Å². The van der Waals surface area contributed by atoms with Crippen LogP contribution in [0.15, 0.2) is 41.2 Å². The van der Waals surface area contributed by atoms with E-state index in [-0.39, 0.29) is 22.3 Å². The van der Waals surface area contributed by atoms with Gasteiger partial charge in [-0.3, -0.25) is 4.79 Å². The summed E-state index contributed by atoms with van der Waals surface area (Å²) in [6.45, 7) is 0. The molecule has 0 aliphatic heterocycles. The number of fused-ring (bicyclic) bond motifs is 2. The summed E-state index contributed by atoms with van der Waals surface area (Å²) in [5.74, 6) is -0.673. The van der Waals surface area contributed by atoms with Gasteiger partial charge in [-0.25, -0.2) is 0 Å². The standard InChI is InChI=1S/C13H9NO3/c15-10-6-5-9-11(13(10)17)12(16)7-3-1-2-4-8(7)14-9/h1-6,15,17H,(H,14,16). The summed E-state index contributed by atoms with van der Waals surface area (Å²) in [5.41, 5.74) is 0.918. The van der Waals surface area contributed by atoms with Gasteiger partial charge in [0.05, 0.1) is 10.9 Å². The highest BCUT2D eigenvalue weighted by atomic mass is 16.3. The number of phenols is 2. The zero-order valence-corrected chi connectivity index (χ0v) is 8.77. The third kappa shape index (κ3) is 1.27. The molecule has 3 aromatic rings. The Bertz CT molecular complexity index is 790. The van der Waals surface area contributed by atoms with Crippen LogP contribution in [0.2, 0.25) is 0 Å². The van der Waals surface area contributed by atoms with Gasteiger partial charge in [0.2, 0.25) is 5.43 Å². The van der Waals surface area contributed by atoms with Gasteiger partial charge in [-0.15, -0.1) is 0 Å². The van der Waals surface area contributed by atoms with Gasteiger partial charge >= 0.3 is 0 Å². The lowest BCUT2D eigenvalue weighted by molar-refractivity contribution is 0.408. The van der Waals surface area contributed by atoms with Crippen LogP contribution in [0.3, 0.4) is 0 Å². The zero-order valence-electron chi connectivity index (χ0n) is 8.77. The first-order valence-electron chi connectivity index (χ1n) is 5.14. The van der Waals surface area contributed by atoms with Gasteiger partial charge in [0.15, 0.2) is 11.5 Å². The summed E-state index contributed by atoms with van der Waals surface area (Å²) in [6, 6.07) is 9.96. The van der Waals surface area contributed by atoms with Crippen molar-refractivity contribution in [3.8, 4) is 11.5 Å². The van der Waals surface area contributed by atoms with Gasteiger partial charge in [-0.2, -0.15) is 0 Å². The number of nitrogens with one attached hydrogen (secondary N) is 1. The molecular weight excluding hydrogens is 218 g/mol. The van der Waals surface area contributed by atoms with Crippen LogP contribution in [0.5, 0.6) is 11.5 Å². The largest absolute Gasteiger partial charge is 0.504 e. The third-order valence-corrected chi connectivity index (χ3v) is 2.82. The van der Waals surface area contributed by atoms with Gasteiger partial charge < -0.3 is 15.2 Å². The lowest BCUT2D eigenvalue weighted by Crippen LogP contribution is -2.04. The van der Waals surface area contributed by atoms with E-state index >= 15 is 0 Å². The first-order valence-corrected chi connectivity index (χ1v) is 5.14. The molecule has 1 aromatic heterocycles. The van der Waals surface area contributed by atoms with E-state index in [1.165, 1.54) is 6.07 Å². The molecule has 0 bridgehead atoms. The second-order valence-corrected chi connectivity index (χ2v) is 3.86. The maximum absolute atomic E-state index is 12.2. The summed E-state index contributed by atoms with van der Waals surface area (Å²) >= 11 is 0. The highest BCUT2D eigenvalue weighted by molar-refractivity contribution is 5.96. The Morgan fingerprint density at radius 2 is 1.71 bits per heavy atom. The molecule has 84 valence electrons. The van der Waals surface area contributed by atoms with Crippen molar-refractivity contribution in [1.29, 1.82) is 0 Å². The minimum Gasteiger partial charge on any atom is -0.504 e. The van der Waals surface area contributed by atoms with E-state index < -0.39 is 0 Å². The molecule has 4 nitrogen and oxygen atoms in total. The molecule has 0 radical (unpaired) electrons. The minimum atomic E-state index is -0.380. The van der Waals surface area contributed by atoms with Crippen LogP contribution in [0.4, 0.5) is 0 Å². The van der Waals surface area contributed by atoms with Crippen molar-refractivity contribution in [3.05, 3.63) is 46.6 Å². The molecule has 3 N–H and O–H groups in total. The lowest BCUT2D eigenvalue weighted by Gasteiger charge is -2.05. The van der Waals surface area contributed by atoms with E-state index in [0.29, 0.717) is 16.4 Å². The van der Waals surface area contributed by atoms with Gasteiger partial charge in [0.25, 0.3) is 0 Å². The average molecular weight is 227 g/mol. The summed E-state index contributed by atoms with van der Waals surface area (Å²) in [7, 11) is 0. The van der Waals surface area contributed by atoms with Gasteiger partial charge in [0.1, 0.15) is 0 Å². The third-order valence-electron chi connectivity index (χ3n) is 2.82. The first kappa shape index (κ1) is 9.72. The van der Waals surface area contributed by atoms with Crippen LogP contribution in [-0.4, -0.2) is 15.2 Å². The Hall–Kier alpha value is -2.49. The number of para-hydroxylation sites is 1. The molecule has 2 aromatic carbocycles. The van der Waals surface area contributed by atoms with Crippen molar-refractivity contribution in [2.45, 2.75) is 0 Å². The molecule has 0 amide bonds. The normalized spacial score (nSPS) is 11.1. The number of phenolic OH excluding ortho intramolecular Hbond substituents is 2. The van der Waals surface area contributed by atoms with E-state index in [4.69, 9.17) is 0 Å². The molecule has 0 spiro atoms. The first-order chi connectivity index (χ1) is 8.18. The number of rotatable bonds is 0. The van der Waals surface area contributed by atoms with E-state index in [1.807, 2.05) is 6.07 Å². The van der Waals surface area contributed by atoms with Crippen molar-refractivity contribution in [2.75, 3.05) is 0 Å². The van der Waals surface area contributed by atoms with Crippen LogP contribution in [0, 0.1) is 0 Å². The molecule has 1 heterocycles.